The van der Waals surface area contributed by atoms with Crippen LogP contribution in [0.5, 0.6) is 0 Å². The molecule has 0 radical (unpaired) electrons. The summed E-state index contributed by atoms with van der Waals surface area (Å²) in [6, 6.07) is 19.9. The monoisotopic (exact) mass is 373 g/mol. The smallest absolute Gasteiger partial charge is 0.254 e. The van der Waals surface area contributed by atoms with Gasteiger partial charge in [0, 0.05) is 31.0 Å². The number of fused-ring (bicyclic) bond motifs is 1. The lowest BCUT2D eigenvalue weighted by Crippen LogP contribution is -2.32. The summed E-state index contributed by atoms with van der Waals surface area (Å²) in [4.78, 5) is 23.5. The third kappa shape index (κ3) is 4.20. The van der Waals surface area contributed by atoms with E-state index in [1.165, 1.54) is 5.56 Å². The zero-order valence-corrected chi connectivity index (χ0v) is 15.6. The molecule has 4 aromatic rings. The molecule has 0 aliphatic carbocycles. The topological polar surface area (TPSA) is 46.1 Å². The molecule has 2 aromatic carbocycles. The number of hydrogen-bond acceptors (Lipinski definition) is 4. The number of carbonyl (C=O) groups excluding carboxylic acids is 1. The molecule has 0 aliphatic heterocycles. The Balaban J connectivity index is 1.58. The van der Waals surface area contributed by atoms with Crippen LogP contribution in [0, 0.1) is 0 Å². The minimum atomic E-state index is 0.0399. The second-order valence-corrected chi connectivity index (χ2v) is 7.24. The lowest BCUT2D eigenvalue weighted by atomic mass is 10.1. The summed E-state index contributed by atoms with van der Waals surface area (Å²) in [6.45, 7) is 1.22. The second kappa shape index (κ2) is 8.10. The van der Waals surface area contributed by atoms with Gasteiger partial charge in [-0.15, -0.1) is 11.3 Å². The first-order chi connectivity index (χ1) is 13.3. The van der Waals surface area contributed by atoms with Crippen molar-refractivity contribution in [2.75, 3.05) is 6.54 Å². The fourth-order valence-corrected chi connectivity index (χ4v) is 3.76. The van der Waals surface area contributed by atoms with Gasteiger partial charge >= 0.3 is 0 Å². The lowest BCUT2D eigenvalue weighted by Gasteiger charge is -2.23. The quantitative estimate of drug-likeness (QED) is 0.497. The number of benzene rings is 2. The highest BCUT2D eigenvalue weighted by Crippen LogP contribution is 2.21. The molecule has 27 heavy (non-hydrogen) atoms. The normalized spacial score (nSPS) is 10.8. The van der Waals surface area contributed by atoms with Crippen molar-refractivity contribution >= 4 is 27.5 Å². The Morgan fingerprint density at radius 3 is 2.59 bits per heavy atom. The van der Waals surface area contributed by atoms with Crippen LogP contribution < -0.4 is 0 Å². The van der Waals surface area contributed by atoms with E-state index in [1.807, 2.05) is 58.9 Å². The number of amides is 1. The Hall–Kier alpha value is -3.05. The van der Waals surface area contributed by atoms with E-state index in [1.54, 1.807) is 23.7 Å². The first kappa shape index (κ1) is 17.4. The van der Waals surface area contributed by atoms with Crippen molar-refractivity contribution in [3.63, 3.8) is 0 Å². The van der Waals surface area contributed by atoms with Gasteiger partial charge in [0.2, 0.25) is 0 Å². The van der Waals surface area contributed by atoms with Crippen LogP contribution in [0.1, 0.15) is 21.5 Å². The Morgan fingerprint density at radius 1 is 0.963 bits per heavy atom. The highest BCUT2D eigenvalue weighted by molar-refractivity contribution is 7.16. The molecule has 2 aromatic heterocycles. The lowest BCUT2D eigenvalue weighted by molar-refractivity contribution is 0.0745. The van der Waals surface area contributed by atoms with Crippen molar-refractivity contribution in [3.05, 3.63) is 95.3 Å². The van der Waals surface area contributed by atoms with E-state index < -0.39 is 0 Å². The van der Waals surface area contributed by atoms with Crippen LogP contribution in [0.25, 0.3) is 10.2 Å². The number of pyridine rings is 1. The van der Waals surface area contributed by atoms with Crippen molar-refractivity contribution < 1.29 is 4.79 Å². The van der Waals surface area contributed by atoms with E-state index in [4.69, 9.17) is 0 Å². The summed E-state index contributed by atoms with van der Waals surface area (Å²) in [6.07, 6.45) is 4.34. The van der Waals surface area contributed by atoms with Gasteiger partial charge in [-0.05, 0) is 47.9 Å². The molecule has 0 atom stereocenters. The highest BCUT2D eigenvalue weighted by atomic mass is 32.1. The molecular weight excluding hydrogens is 354 g/mol. The summed E-state index contributed by atoms with van der Waals surface area (Å²) in [5.74, 6) is 0.0399. The number of aromatic nitrogens is 2. The standard InChI is InChI=1S/C22H19N3OS/c26-22(19-6-7-20-21(14-19)27-16-24-20)25(15-18-8-11-23-12-9-18)13-10-17-4-2-1-3-5-17/h1-9,11-12,14,16H,10,13,15H2. The number of carbonyl (C=O) groups is 1. The van der Waals surface area contributed by atoms with Crippen molar-refractivity contribution in [1.82, 2.24) is 14.9 Å². The molecule has 2 heterocycles. The maximum Gasteiger partial charge on any atom is 0.254 e. The van der Waals surface area contributed by atoms with Gasteiger partial charge in [0.1, 0.15) is 0 Å². The van der Waals surface area contributed by atoms with Gasteiger partial charge in [-0.2, -0.15) is 0 Å². The van der Waals surface area contributed by atoms with Crippen LogP contribution in [-0.4, -0.2) is 27.3 Å². The fraction of sp³-hybridized carbons (Fsp3) is 0.136. The molecule has 0 N–H and O–H groups in total. The molecule has 4 rings (SSSR count). The van der Waals surface area contributed by atoms with Crippen LogP contribution in [0.4, 0.5) is 0 Å². The van der Waals surface area contributed by atoms with E-state index in [0.29, 0.717) is 18.7 Å². The third-order valence-corrected chi connectivity index (χ3v) is 5.29. The van der Waals surface area contributed by atoms with Crippen LogP contribution >= 0.6 is 11.3 Å². The van der Waals surface area contributed by atoms with E-state index >= 15 is 0 Å². The minimum Gasteiger partial charge on any atom is -0.334 e. The minimum absolute atomic E-state index is 0.0399. The summed E-state index contributed by atoms with van der Waals surface area (Å²) in [5.41, 5.74) is 5.74. The Morgan fingerprint density at radius 2 is 1.78 bits per heavy atom. The average Bonchev–Trinajstić information content (AvgIpc) is 3.20. The van der Waals surface area contributed by atoms with Crippen LogP contribution in [0.2, 0.25) is 0 Å². The maximum absolute atomic E-state index is 13.2. The van der Waals surface area contributed by atoms with Gasteiger partial charge in [0.25, 0.3) is 5.91 Å². The predicted octanol–water partition coefficient (Wildman–Crippen LogP) is 4.58. The average molecular weight is 373 g/mol. The summed E-state index contributed by atoms with van der Waals surface area (Å²) >= 11 is 1.55. The highest BCUT2D eigenvalue weighted by Gasteiger charge is 2.17. The van der Waals surface area contributed by atoms with Crippen LogP contribution in [-0.2, 0) is 13.0 Å². The first-order valence-electron chi connectivity index (χ1n) is 8.85. The number of thiazole rings is 1. The Kier molecular flexibility index (Phi) is 5.21. The van der Waals surface area contributed by atoms with Gasteiger partial charge in [0.15, 0.2) is 0 Å². The van der Waals surface area contributed by atoms with Gasteiger partial charge in [-0.1, -0.05) is 30.3 Å². The number of hydrogen-bond donors (Lipinski definition) is 0. The van der Waals surface area contributed by atoms with Crippen molar-refractivity contribution in [2.45, 2.75) is 13.0 Å². The van der Waals surface area contributed by atoms with Crippen molar-refractivity contribution in [2.24, 2.45) is 0 Å². The van der Waals surface area contributed by atoms with Gasteiger partial charge in [-0.25, -0.2) is 4.98 Å². The van der Waals surface area contributed by atoms with E-state index in [0.717, 1.165) is 22.2 Å². The van der Waals surface area contributed by atoms with Crippen molar-refractivity contribution in [3.8, 4) is 0 Å². The van der Waals surface area contributed by atoms with Gasteiger partial charge in [-0.3, -0.25) is 9.78 Å². The molecule has 0 bridgehead atoms. The molecule has 0 saturated carbocycles. The van der Waals surface area contributed by atoms with Gasteiger partial charge < -0.3 is 4.90 Å². The SMILES string of the molecule is O=C(c1ccc2ncsc2c1)N(CCc1ccccc1)Cc1ccncc1. The van der Waals surface area contributed by atoms with Crippen LogP contribution in [0.15, 0.2) is 78.6 Å². The fourth-order valence-electron chi connectivity index (χ4n) is 3.04. The van der Waals surface area contributed by atoms with Crippen LogP contribution in [0.3, 0.4) is 0 Å². The Bertz CT molecular complexity index is 1030. The number of rotatable bonds is 6. The molecular formula is C22H19N3OS. The Labute approximate surface area is 162 Å². The van der Waals surface area contributed by atoms with Gasteiger partial charge in [0.05, 0.1) is 15.7 Å². The molecule has 5 heteroatoms. The molecule has 0 unspecified atom stereocenters. The molecule has 0 aliphatic rings. The molecule has 0 saturated heterocycles. The molecule has 134 valence electrons. The zero-order valence-electron chi connectivity index (χ0n) is 14.8. The summed E-state index contributed by atoms with van der Waals surface area (Å²) in [7, 11) is 0. The largest absolute Gasteiger partial charge is 0.334 e. The molecule has 0 fully saturated rings. The second-order valence-electron chi connectivity index (χ2n) is 6.35. The zero-order chi connectivity index (χ0) is 18.5. The van der Waals surface area contributed by atoms with E-state index in [-0.39, 0.29) is 5.91 Å². The molecule has 1 amide bonds. The molecule has 4 nitrogen and oxygen atoms in total. The maximum atomic E-state index is 13.2. The van der Waals surface area contributed by atoms with Crippen molar-refractivity contribution in [1.29, 1.82) is 0 Å². The summed E-state index contributed by atoms with van der Waals surface area (Å²) < 4.78 is 1.03. The first-order valence-corrected chi connectivity index (χ1v) is 9.73. The molecule has 0 spiro atoms. The van der Waals surface area contributed by atoms with E-state index in [2.05, 4.69) is 22.1 Å². The number of nitrogens with zero attached hydrogens (tertiary/aromatic N) is 3. The third-order valence-electron chi connectivity index (χ3n) is 4.50. The summed E-state index contributed by atoms with van der Waals surface area (Å²) in [5, 5.41) is 0. The van der Waals surface area contributed by atoms with E-state index in [9.17, 15) is 4.79 Å². The predicted molar refractivity (Wildman–Crippen MR) is 109 cm³/mol.